The van der Waals surface area contributed by atoms with Crippen molar-refractivity contribution in [2.75, 3.05) is 26.8 Å². The molecule has 0 aromatic rings. The second kappa shape index (κ2) is 3.13. The van der Waals surface area contributed by atoms with Gasteiger partial charge in [0.1, 0.15) is 5.60 Å². The number of ether oxygens (including phenoxy) is 1. The molecular formula is C8H11NO3. The lowest BCUT2D eigenvalue weighted by Crippen LogP contribution is -2.65. The van der Waals surface area contributed by atoms with Crippen LogP contribution in [0.25, 0.3) is 0 Å². The monoisotopic (exact) mass is 169 g/mol. The van der Waals surface area contributed by atoms with E-state index in [1.807, 2.05) is 5.92 Å². The van der Waals surface area contributed by atoms with E-state index in [9.17, 15) is 9.90 Å². The molecule has 0 aliphatic carbocycles. The highest BCUT2D eigenvalue weighted by atomic mass is 16.5. The fourth-order valence-corrected chi connectivity index (χ4v) is 1.26. The summed E-state index contributed by atoms with van der Waals surface area (Å²) < 4.78 is 4.77. The minimum atomic E-state index is -0.888. The van der Waals surface area contributed by atoms with Gasteiger partial charge in [-0.05, 0) is 5.92 Å². The molecule has 1 aliphatic heterocycles. The number of hydrogen-bond donors (Lipinski definition) is 1. The van der Waals surface area contributed by atoms with Gasteiger partial charge in [-0.2, -0.15) is 0 Å². The van der Waals surface area contributed by atoms with Crippen LogP contribution < -0.4 is 0 Å². The molecule has 0 aromatic heterocycles. The zero-order valence-corrected chi connectivity index (χ0v) is 6.91. The van der Waals surface area contributed by atoms with Gasteiger partial charge in [-0.3, -0.25) is 4.79 Å². The molecule has 66 valence electrons. The van der Waals surface area contributed by atoms with E-state index in [2.05, 4.69) is 0 Å². The van der Waals surface area contributed by atoms with E-state index in [4.69, 9.17) is 11.2 Å². The Hall–Kier alpha value is -1.05. The van der Waals surface area contributed by atoms with Crippen LogP contribution in [0.2, 0.25) is 0 Å². The van der Waals surface area contributed by atoms with E-state index in [0.29, 0.717) is 0 Å². The Bertz CT molecular complexity index is 225. The standard InChI is InChI=1S/C8H11NO3/c1-3-7(10)9-4-8(11,5-9)6-12-2/h1,11H,4-6H2,2H3. The molecular weight excluding hydrogens is 158 g/mol. The number of carbonyl (C=O) groups excluding carboxylic acids is 1. The van der Waals surface area contributed by atoms with Gasteiger partial charge < -0.3 is 14.7 Å². The quantitative estimate of drug-likeness (QED) is 0.530. The maximum atomic E-state index is 10.8. The summed E-state index contributed by atoms with van der Waals surface area (Å²) in [7, 11) is 1.50. The van der Waals surface area contributed by atoms with Gasteiger partial charge in [-0.1, -0.05) is 0 Å². The van der Waals surface area contributed by atoms with E-state index in [0.717, 1.165) is 0 Å². The number of methoxy groups -OCH3 is 1. The molecule has 4 heteroatoms. The first kappa shape index (κ1) is 9.04. The molecule has 1 amide bonds. The van der Waals surface area contributed by atoms with Crippen molar-refractivity contribution in [1.82, 2.24) is 4.90 Å². The van der Waals surface area contributed by atoms with Crippen LogP contribution in [0, 0.1) is 12.3 Å². The molecule has 4 nitrogen and oxygen atoms in total. The van der Waals surface area contributed by atoms with Crippen LogP contribution in [-0.4, -0.2) is 48.3 Å². The second-order valence-electron chi connectivity index (χ2n) is 2.96. The van der Waals surface area contributed by atoms with Gasteiger partial charge in [0.05, 0.1) is 19.7 Å². The predicted octanol–water partition coefficient (Wildman–Crippen LogP) is -1.16. The zero-order chi connectivity index (χ0) is 9.19. The van der Waals surface area contributed by atoms with Crippen molar-refractivity contribution in [2.24, 2.45) is 0 Å². The van der Waals surface area contributed by atoms with Gasteiger partial charge in [-0.25, -0.2) is 0 Å². The van der Waals surface area contributed by atoms with Gasteiger partial charge >= 0.3 is 0 Å². The van der Waals surface area contributed by atoms with Crippen LogP contribution >= 0.6 is 0 Å². The first-order chi connectivity index (χ1) is 5.61. The number of terminal acetylenes is 1. The number of likely N-dealkylation sites (tertiary alicyclic amines) is 1. The van der Waals surface area contributed by atoms with Gasteiger partial charge in [0.15, 0.2) is 0 Å². The number of hydrogen-bond acceptors (Lipinski definition) is 3. The number of β-amino-alcohol motifs (C(OH)–C–C–N with tert-alkyl or cyclic N) is 1. The van der Waals surface area contributed by atoms with Crippen LogP contribution in [0.5, 0.6) is 0 Å². The molecule has 1 rings (SSSR count). The van der Waals surface area contributed by atoms with Crippen molar-refractivity contribution in [2.45, 2.75) is 5.60 Å². The molecule has 0 atom stereocenters. The molecule has 12 heavy (non-hydrogen) atoms. The van der Waals surface area contributed by atoms with Crippen LogP contribution in [-0.2, 0) is 9.53 Å². The molecule has 1 heterocycles. The van der Waals surface area contributed by atoms with Crippen molar-refractivity contribution in [3.8, 4) is 12.3 Å². The first-order valence-corrected chi connectivity index (χ1v) is 3.58. The number of nitrogens with zero attached hydrogens (tertiary/aromatic N) is 1. The minimum absolute atomic E-state index is 0.237. The zero-order valence-electron chi connectivity index (χ0n) is 6.91. The SMILES string of the molecule is C#CC(=O)N1CC(O)(COC)C1. The average Bonchev–Trinajstić information content (AvgIpc) is 1.99. The number of aliphatic hydroxyl groups is 1. The van der Waals surface area contributed by atoms with Crippen LogP contribution in [0.15, 0.2) is 0 Å². The summed E-state index contributed by atoms with van der Waals surface area (Å²) in [5.41, 5.74) is -0.888. The third-order valence-corrected chi connectivity index (χ3v) is 1.79. The highest BCUT2D eigenvalue weighted by Gasteiger charge is 2.43. The van der Waals surface area contributed by atoms with E-state index in [1.54, 1.807) is 0 Å². The summed E-state index contributed by atoms with van der Waals surface area (Å²) in [4.78, 5) is 12.2. The van der Waals surface area contributed by atoms with E-state index in [1.165, 1.54) is 12.0 Å². The molecule has 0 bridgehead atoms. The summed E-state index contributed by atoms with van der Waals surface area (Å²) in [5, 5.41) is 9.54. The Kier molecular flexibility index (Phi) is 2.36. The summed E-state index contributed by atoms with van der Waals surface area (Å²) >= 11 is 0. The Morgan fingerprint density at radius 2 is 2.42 bits per heavy atom. The smallest absolute Gasteiger partial charge is 0.298 e. The molecule has 1 saturated heterocycles. The molecule has 1 fully saturated rings. The lowest BCUT2D eigenvalue weighted by atomic mass is 9.95. The number of carbonyl (C=O) groups is 1. The van der Waals surface area contributed by atoms with E-state index < -0.39 is 5.60 Å². The maximum Gasteiger partial charge on any atom is 0.298 e. The van der Waals surface area contributed by atoms with E-state index >= 15 is 0 Å². The largest absolute Gasteiger partial charge is 0.384 e. The summed E-state index contributed by atoms with van der Waals surface area (Å²) in [6, 6.07) is 0. The highest BCUT2D eigenvalue weighted by Crippen LogP contribution is 2.20. The molecule has 0 spiro atoms. The average molecular weight is 169 g/mol. The molecule has 0 unspecified atom stereocenters. The van der Waals surface area contributed by atoms with Crippen molar-refractivity contribution in [3.63, 3.8) is 0 Å². The highest BCUT2D eigenvalue weighted by molar-refractivity contribution is 5.93. The molecule has 1 aliphatic rings. The van der Waals surface area contributed by atoms with Gasteiger partial charge in [0.2, 0.25) is 0 Å². The molecule has 1 N–H and O–H groups in total. The minimum Gasteiger partial charge on any atom is -0.384 e. The Balaban J connectivity index is 2.37. The summed E-state index contributed by atoms with van der Waals surface area (Å²) in [5.74, 6) is 1.60. The van der Waals surface area contributed by atoms with Crippen molar-refractivity contribution in [3.05, 3.63) is 0 Å². The van der Waals surface area contributed by atoms with Crippen LogP contribution in [0.3, 0.4) is 0 Å². The Labute approximate surface area is 71.1 Å². The Morgan fingerprint density at radius 3 is 2.83 bits per heavy atom. The van der Waals surface area contributed by atoms with Gasteiger partial charge in [0, 0.05) is 7.11 Å². The second-order valence-corrected chi connectivity index (χ2v) is 2.96. The molecule has 0 saturated carbocycles. The fourth-order valence-electron chi connectivity index (χ4n) is 1.26. The topological polar surface area (TPSA) is 49.8 Å². The maximum absolute atomic E-state index is 10.8. The lowest BCUT2D eigenvalue weighted by molar-refractivity contribution is -0.159. The normalized spacial score (nSPS) is 19.6. The van der Waals surface area contributed by atoms with Gasteiger partial charge in [0.25, 0.3) is 5.91 Å². The molecule has 0 aromatic carbocycles. The number of amides is 1. The Morgan fingerprint density at radius 1 is 1.83 bits per heavy atom. The summed E-state index contributed by atoms with van der Waals surface area (Å²) in [6.07, 6.45) is 4.89. The van der Waals surface area contributed by atoms with Crippen molar-refractivity contribution in [1.29, 1.82) is 0 Å². The van der Waals surface area contributed by atoms with Crippen LogP contribution in [0.4, 0.5) is 0 Å². The first-order valence-electron chi connectivity index (χ1n) is 3.58. The summed E-state index contributed by atoms with van der Waals surface area (Å²) in [6.45, 7) is 0.773. The third kappa shape index (κ3) is 1.58. The fraction of sp³-hybridized carbons (Fsp3) is 0.625. The lowest BCUT2D eigenvalue weighted by Gasteiger charge is -2.44. The van der Waals surface area contributed by atoms with Crippen molar-refractivity contribution < 1.29 is 14.6 Å². The van der Waals surface area contributed by atoms with Crippen molar-refractivity contribution >= 4 is 5.91 Å². The predicted molar refractivity (Wildman–Crippen MR) is 42.2 cm³/mol. The third-order valence-electron chi connectivity index (χ3n) is 1.79. The van der Waals surface area contributed by atoms with Crippen LogP contribution in [0.1, 0.15) is 0 Å². The van der Waals surface area contributed by atoms with E-state index in [-0.39, 0.29) is 25.6 Å². The molecule has 0 radical (unpaired) electrons. The van der Waals surface area contributed by atoms with Gasteiger partial charge in [-0.15, -0.1) is 6.42 Å². The number of rotatable bonds is 2.